The van der Waals surface area contributed by atoms with Gasteiger partial charge in [-0.2, -0.15) is 5.10 Å². The van der Waals surface area contributed by atoms with E-state index < -0.39 is 0 Å². The molecule has 0 bridgehead atoms. The van der Waals surface area contributed by atoms with Gasteiger partial charge in [-0.1, -0.05) is 53.8 Å². The molecule has 0 atom stereocenters. The first kappa shape index (κ1) is 17.4. The summed E-state index contributed by atoms with van der Waals surface area (Å²) in [6.45, 7) is 4.43. The van der Waals surface area contributed by atoms with Crippen molar-refractivity contribution in [2.24, 2.45) is 7.05 Å². The molecule has 0 aliphatic heterocycles. The summed E-state index contributed by atoms with van der Waals surface area (Å²) in [7, 11) is 1.84. The summed E-state index contributed by atoms with van der Waals surface area (Å²) >= 11 is 1.53. The minimum Gasteiger partial charge on any atom is -0.278 e. The predicted molar refractivity (Wildman–Crippen MR) is 109 cm³/mol. The van der Waals surface area contributed by atoms with Crippen molar-refractivity contribution in [1.29, 1.82) is 0 Å². The lowest BCUT2D eigenvalue weighted by molar-refractivity contribution is 0.0979. The molecule has 27 heavy (non-hydrogen) atoms. The maximum absolute atomic E-state index is 13.3. The second-order valence-electron chi connectivity index (χ2n) is 6.59. The van der Waals surface area contributed by atoms with Gasteiger partial charge in [0, 0.05) is 12.7 Å². The van der Waals surface area contributed by atoms with E-state index in [9.17, 15) is 4.79 Å². The SMILES string of the molecule is Cc1cccc2sc(N(Cc3ccccc3)C(=O)c3cc(C)n(C)n3)nc12. The fraction of sp³-hybridized carbons (Fsp3) is 0.190. The van der Waals surface area contributed by atoms with Crippen molar-refractivity contribution < 1.29 is 4.79 Å². The third kappa shape index (κ3) is 3.36. The second kappa shape index (κ2) is 6.96. The third-order valence-electron chi connectivity index (χ3n) is 4.60. The molecule has 2 heterocycles. The third-order valence-corrected chi connectivity index (χ3v) is 5.65. The number of amides is 1. The molecule has 0 aliphatic rings. The van der Waals surface area contributed by atoms with Gasteiger partial charge in [0.1, 0.15) is 0 Å². The van der Waals surface area contributed by atoms with Crippen LogP contribution in [0.15, 0.2) is 54.6 Å². The highest BCUT2D eigenvalue weighted by Crippen LogP contribution is 2.32. The maximum Gasteiger partial charge on any atom is 0.280 e. The quantitative estimate of drug-likeness (QED) is 0.527. The Labute approximate surface area is 161 Å². The van der Waals surface area contributed by atoms with Crippen molar-refractivity contribution in [2.45, 2.75) is 20.4 Å². The lowest BCUT2D eigenvalue weighted by atomic mass is 10.2. The molecule has 0 spiro atoms. The summed E-state index contributed by atoms with van der Waals surface area (Å²) in [5.74, 6) is -0.140. The fourth-order valence-corrected chi connectivity index (χ4v) is 4.03. The monoisotopic (exact) mass is 376 g/mol. The normalized spacial score (nSPS) is 11.1. The van der Waals surface area contributed by atoms with Gasteiger partial charge in [0.05, 0.1) is 16.8 Å². The molecule has 136 valence electrons. The minimum absolute atomic E-state index is 0.140. The number of carbonyl (C=O) groups is 1. The summed E-state index contributed by atoms with van der Waals surface area (Å²) in [6, 6.07) is 17.9. The number of anilines is 1. The van der Waals surface area contributed by atoms with E-state index in [1.807, 2.05) is 75.5 Å². The van der Waals surface area contributed by atoms with Crippen molar-refractivity contribution in [3.8, 4) is 0 Å². The van der Waals surface area contributed by atoms with E-state index in [1.165, 1.54) is 11.3 Å². The molecule has 4 rings (SSSR count). The second-order valence-corrected chi connectivity index (χ2v) is 7.60. The molecule has 5 nitrogen and oxygen atoms in total. The van der Waals surface area contributed by atoms with Gasteiger partial charge in [-0.25, -0.2) is 4.98 Å². The minimum atomic E-state index is -0.140. The van der Waals surface area contributed by atoms with Crippen molar-refractivity contribution in [1.82, 2.24) is 14.8 Å². The Morgan fingerprint density at radius 2 is 1.89 bits per heavy atom. The highest BCUT2D eigenvalue weighted by molar-refractivity contribution is 7.22. The van der Waals surface area contributed by atoms with Crippen LogP contribution in [0.5, 0.6) is 0 Å². The molecule has 0 radical (unpaired) electrons. The first-order valence-electron chi connectivity index (χ1n) is 8.75. The van der Waals surface area contributed by atoms with Gasteiger partial charge in [-0.05, 0) is 37.1 Å². The molecule has 4 aromatic rings. The lowest BCUT2D eigenvalue weighted by Gasteiger charge is -2.19. The first-order valence-corrected chi connectivity index (χ1v) is 9.57. The Morgan fingerprint density at radius 3 is 2.56 bits per heavy atom. The van der Waals surface area contributed by atoms with Crippen LogP contribution in [-0.4, -0.2) is 20.7 Å². The number of thiazole rings is 1. The maximum atomic E-state index is 13.3. The topological polar surface area (TPSA) is 51.0 Å². The zero-order valence-electron chi connectivity index (χ0n) is 15.5. The van der Waals surface area contributed by atoms with Crippen LogP contribution >= 0.6 is 11.3 Å². The standard InChI is InChI=1S/C21H20N4OS/c1-14-8-7-11-18-19(14)22-21(27-18)25(13-16-9-5-4-6-10-16)20(26)17-12-15(2)24(3)23-17/h4-12H,13H2,1-3H3. The molecule has 2 aromatic carbocycles. The molecule has 0 fully saturated rings. The number of fused-ring (bicyclic) bond motifs is 1. The van der Waals surface area contributed by atoms with E-state index in [-0.39, 0.29) is 5.91 Å². The van der Waals surface area contributed by atoms with E-state index >= 15 is 0 Å². The van der Waals surface area contributed by atoms with Crippen molar-refractivity contribution in [3.05, 3.63) is 77.1 Å². The van der Waals surface area contributed by atoms with Gasteiger partial charge in [0.25, 0.3) is 5.91 Å². The highest BCUT2D eigenvalue weighted by Gasteiger charge is 2.24. The molecule has 6 heteroatoms. The van der Waals surface area contributed by atoms with Crippen LogP contribution in [-0.2, 0) is 13.6 Å². The van der Waals surface area contributed by atoms with Gasteiger partial charge < -0.3 is 0 Å². The molecule has 2 aromatic heterocycles. The van der Waals surface area contributed by atoms with E-state index in [1.54, 1.807) is 9.58 Å². The molecular formula is C21H20N4OS. The van der Waals surface area contributed by atoms with Crippen LogP contribution < -0.4 is 4.90 Å². The first-order chi connectivity index (χ1) is 13.0. The number of aryl methyl sites for hydroxylation is 3. The molecule has 1 amide bonds. The zero-order chi connectivity index (χ0) is 19.0. The number of aromatic nitrogens is 3. The van der Waals surface area contributed by atoms with E-state index in [0.29, 0.717) is 17.4 Å². The Morgan fingerprint density at radius 1 is 1.11 bits per heavy atom. The average molecular weight is 376 g/mol. The fourth-order valence-electron chi connectivity index (χ4n) is 2.99. The van der Waals surface area contributed by atoms with Crippen LogP contribution in [0, 0.1) is 13.8 Å². The molecular weight excluding hydrogens is 356 g/mol. The number of carbonyl (C=O) groups excluding carboxylic acids is 1. The zero-order valence-corrected chi connectivity index (χ0v) is 16.3. The Hall–Kier alpha value is -2.99. The number of hydrogen-bond donors (Lipinski definition) is 0. The summed E-state index contributed by atoms with van der Waals surface area (Å²) < 4.78 is 2.80. The number of hydrogen-bond acceptors (Lipinski definition) is 4. The van der Waals surface area contributed by atoms with Crippen molar-refractivity contribution >= 4 is 32.6 Å². The number of benzene rings is 2. The Balaban J connectivity index is 1.79. The van der Waals surface area contributed by atoms with E-state index in [2.05, 4.69) is 5.10 Å². The van der Waals surface area contributed by atoms with Gasteiger partial charge >= 0.3 is 0 Å². The Bertz CT molecular complexity index is 1090. The van der Waals surface area contributed by atoms with Crippen LogP contribution in [0.4, 0.5) is 5.13 Å². The molecule has 0 unspecified atom stereocenters. The molecule has 0 N–H and O–H groups in total. The number of rotatable bonds is 4. The highest BCUT2D eigenvalue weighted by atomic mass is 32.1. The van der Waals surface area contributed by atoms with Crippen LogP contribution in [0.2, 0.25) is 0 Å². The number of nitrogens with zero attached hydrogens (tertiary/aromatic N) is 4. The van der Waals surface area contributed by atoms with E-state index in [4.69, 9.17) is 4.98 Å². The average Bonchev–Trinajstić information content (AvgIpc) is 3.25. The van der Waals surface area contributed by atoms with Crippen molar-refractivity contribution in [3.63, 3.8) is 0 Å². The van der Waals surface area contributed by atoms with E-state index in [0.717, 1.165) is 27.0 Å². The van der Waals surface area contributed by atoms with Gasteiger partial charge in [0.2, 0.25) is 0 Å². The van der Waals surface area contributed by atoms with Crippen LogP contribution in [0.1, 0.15) is 27.3 Å². The summed E-state index contributed by atoms with van der Waals surface area (Å²) in [6.07, 6.45) is 0. The number of para-hydroxylation sites is 1. The lowest BCUT2D eigenvalue weighted by Crippen LogP contribution is -2.30. The molecule has 0 saturated carbocycles. The van der Waals surface area contributed by atoms with Crippen molar-refractivity contribution in [2.75, 3.05) is 4.90 Å². The summed E-state index contributed by atoms with van der Waals surface area (Å²) in [4.78, 5) is 19.8. The van der Waals surface area contributed by atoms with Gasteiger partial charge in [-0.15, -0.1) is 0 Å². The van der Waals surface area contributed by atoms with Gasteiger partial charge in [-0.3, -0.25) is 14.4 Å². The Kier molecular flexibility index (Phi) is 4.49. The largest absolute Gasteiger partial charge is 0.280 e. The molecule has 0 aliphatic carbocycles. The summed E-state index contributed by atoms with van der Waals surface area (Å²) in [5.41, 5.74) is 4.48. The van der Waals surface area contributed by atoms with Crippen LogP contribution in [0.3, 0.4) is 0 Å². The van der Waals surface area contributed by atoms with Crippen LogP contribution in [0.25, 0.3) is 10.2 Å². The predicted octanol–water partition coefficient (Wildman–Crippen LogP) is 4.49. The summed E-state index contributed by atoms with van der Waals surface area (Å²) in [5, 5.41) is 5.06. The smallest absolute Gasteiger partial charge is 0.278 e. The van der Waals surface area contributed by atoms with Gasteiger partial charge in [0.15, 0.2) is 10.8 Å². The molecule has 0 saturated heterocycles.